The Morgan fingerprint density at radius 3 is 2.67 bits per heavy atom. The highest BCUT2D eigenvalue weighted by Gasteiger charge is 2.18. The zero-order valence-electron chi connectivity index (χ0n) is 11.2. The maximum atomic E-state index is 5.44. The van der Waals surface area contributed by atoms with Crippen molar-refractivity contribution in [2.24, 2.45) is 0 Å². The summed E-state index contributed by atoms with van der Waals surface area (Å²) in [5.74, 6) is 1.24. The van der Waals surface area contributed by atoms with Crippen LogP contribution in [0.5, 0.6) is 0 Å². The molecule has 0 saturated heterocycles. The highest BCUT2D eigenvalue weighted by molar-refractivity contribution is 5.10. The second-order valence-corrected chi connectivity index (χ2v) is 4.52. The summed E-state index contributed by atoms with van der Waals surface area (Å²) in [5.41, 5.74) is 2.07. The van der Waals surface area contributed by atoms with E-state index in [-0.39, 0.29) is 6.04 Å². The van der Waals surface area contributed by atoms with E-state index in [2.05, 4.69) is 20.1 Å². The molecule has 0 fully saturated rings. The predicted octanol–water partition coefficient (Wildman–Crippen LogP) is 2.27. The second-order valence-electron chi connectivity index (χ2n) is 4.52. The molecule has 0 aliphatic heterocycles. The van der Waals surface area contributed by atoms with Gasteiger partial charge in [0.25, 0.3) is 0 Å². The number of aromatic nitrogens is 3. The summed E-state index contributed by atoms with van der Waals surface area (Å²) < 4.78 is 5.44. The van der Waals surface area contributed by atoms with Crippen LogP contribution >= 0.6 is 0 Å². The van der Waals surface area contributed by atoms with E-state index in [1.54, 1.807) is 6.92 Å². The van der Waals surface area contributed by atoms with Crippen molar-refractivity contribution in [3.8, 4) is 0 Å². The van der Waals surface area contributed by atoms with Gasteiger partial charge in [-0.1, -0.05) is 6.07 Å². The first-order valence-electron chi connectivity index (χ1n) is 5.99. The fraction of sp³-hybridized carbons (Fsp3) is 0.462. The fourth-order valence-electron chi connectivity index (χ4n) is 1.75. The van der Waals surface area contributed by atoms with Gasteiger partial charge >= 0.3 is 0 Å². The Hall–Kier alpha value is -1.75. The molecule has 2 heterocycles. The summed E-state index contributed by atoms with van der Waals surface area (Å²) in [5, 5.41) is 7.90. The molecule has 0 bridgehead atoms. The summed E-state index contributed by atoms with van der Waals surface area (Å²) in [7, 11) is 2.02. The van der Waals surface area contributed by atoms with Crippen LogP contribution in [0, 0.1) is 13.8 Å². The van der Waals surface area contributed by atoms with Gasteiger partial charge in [-0.15, -0.1) is 10.2 Å². The van der Waals surface area contributed by atoms with Gasteiger partial charge in [0.2, 0.25) is 11.8 Å². The lowest BCUT2D eigenvalue weighted by molar-refractivity contribution is 0.213. The maximum Gasteiger partial charge on any atom is 0.233 e. The van der Waals surface area contributed by atoms with Crippen molar-refractivity contribution < 1.29 is 4.42 Å². The highest BCUT2D eigenvalue weighted by Crippen LogP contribution is 2.18. The van der Waals surface area contributed by atoms with Gasteiger partial charge in [-0.25, -0.2) is 0 Å². The Morgan fingerprint density at radius 1 is 1.28 bits per heavy atom. The topological polar surface area (TPSA) is 55.1 Å². The molecule has 0 spiro atoms. The molecule has 0 radical (unpaired) electrons. The molecular weight excluding hydrogens is 228 g/mol. The van der Waals surface area contributed by atoms with Gasteiger partial charge < -0.3 is 4.42 Å². The molecule has 96 valence electrons. The van der Waals surface area contributed by atoms with Gasteiger partial charge in [0.15, 0.2) is 0 Å². The van der Waals surface area contributed by atoms with Crippen molar-refractivity contribution in [2.75, 3.05) is 7.05 Å². The molecule has 1 atom stereocenters. The van der Waals surface area contributed by atoms with Crippen molar-refractivity contribution in [2.45, 2.75) is 33.4 Å². The van der Waals surface area contributed by atoms with E-state index in [1.165, 1.54) is 0 Å². The molecule has 0 aliphatic carbocycles. The van der Waals surface area contributed by atoms with Gasteiger partial charge in [0.05, 0.1) is 11.7 Å². The van der Waals surface area contributed by atoms with E-state index in [0.717, 1.165) is 17.9 Å². The summed E-state index contributed by atoms with van der Waals surface area (Å²) in [6.07, 6.45) is 0. The van der Waals surface area contributed by atoms with Crippen LogP contribution in [-0.2, 0) is 6.54 Å². The molecular formula is C13H18N4O. The minimum absolute atomic E-state index is 0.0773. The molecule has 0 aromatic carbocycles. The zero-order valence-corrected chi connectivity index (χ0v) is 11.2. The molecule has 0 saturated carbocycles. The Labute approximate surface area is 107 Å². The van der Waals surface area contributed by atoms with Crippen LogP contribution in [0.3, 0.4) is 0 Å². The van der Waals surface area contributed by atoms with Crippen LogP contribution in [0.1, 0.15) is 36.1 Å². The Kier molecular flexibility index (Phi) is 3.72. The zero-order chi connectivity index (χ0) is 13.1. The molecule has 5 heteroatoms. The van der Waals surface area contributed by atoms with Gasteiger partial charge in [0.1, 0.15) is 0 Å². The van der Waals surface area contributed by atoms with Crippen molar-refractivity contribution in [1.82, 2.24) is 20.1 Å². The van der Waals surface area contributed by atoms with E-state index in [9.17, 15) is 0 Å². The lowest BCUT2D eigenvalue weighted by atomic mass is 10.2. The number of rotatable bonds is 4. The number of pyridine rings is 1. The average Bonchev–Trinajstić information content (AvgIpc) is 2.75. The van der Waals surface area contributed by atoms with Crippen LogP contribution < -0.4 is 0 Å². The minimum atomic E-state index is 0.0773. The molecule has 2 aromatic rings. The van der Waals surface area contributed by atoms with Crippen LogP contribution in [0.15, 0.2) is 22.6 Å². The predicted molar refractivity (Wildman–Crippen MR) is 67.9 cm³/mol. The second kappa shape index (κ2) is 5.27. The highest BCUT2D eigenvalue weighted by atomic mass is 16.4. The van der Waals surface area contributed by atoms with Crippen LogP contribution in [0.2, 0.25) is 0 Å². The van der Waals surface area contributed by atoms with E-state index in [4.69, 9.17) is 4.42 Å². The standard InChI is InChI=1S/C13H18N4O/c1-9-6-5-7-12(14-9)8-17(4)10(2)13-16-15-11(3)18-13/h5-7,10H,8H2,1-4H3. The molecule has 0 amide bonds. The van der Waals surface area contributed by atoms with E-state index in [1.807, 2.05) is 39.1 Å². The van der Waals surface area contributed by atoms with Gasteiger partial charge in [-0.2, -0.15) is 0 Å². The minimum Gasteiger partial charge on any atom is -0.424 e. The molecule has 0 aliphatic rings. The molecule has 5 nitrogen and oxygen atoms in total. The van der Waals surface area contributed by atoms with Crippen LogP contribution in [-0.4, -0.2) is 27.1 Å². The van der Waals surface area contributed by atoms with Crippen molar-refractivity contribution >= 4 is 0 Å². The third-order valence-electron chi connectivity index (χ3n) is 2.92. The first-order chi connectivity index (χ1) is 8.56. The van der Waals surface area contributed by atoms with Crippen LogP contribution in [0.25, 0.3) is 0 Å². The number of aryl methyl sites for hydroxylation is 2. The number of hydrogen-bond acceptors (Lipinski definition) is 5. The Balaban J connectivity index is 2.05. The quantitative estimate of drug-likeness (QED) is 0.828. The van der Waals surface area contributed by atoms with E-state index < -0.39 is 0 Å². The maximum absolute atomic E-state index is 5.44. The van der Waals surface area contributed by atoms with E-state index in [0.29, 0.717) is 11.8 Å². The summed E-state index contributed by atoms with van der Waals surface area (Å²) in [6.45, 7) is 6.59. The first kappa shape index (κ1) is 12.7. The molecule has 2 aromatic heterocycles. The third kappa shape index (κ3) is 2.92. The van der Waals surface area contributed by atoms with Gasteiger partial charge in [-0.05, 0) is 33.0 Å². The number of hydrogen-bond donors (Lipinski definition) is 0. The molecule has 1 unspecified atom stereocenters. The smallest absolute Gasteiger partial charge is 0.233 e. The summed E-state index contributed by atoms with van der Waals surface area (Å²) in [6, 6.07) is 6.12. The molecule has 18 heavy (non-hydrogen) atoms. The van der Waals surface area contributed by atoms with Gasteiger partial charge in [-0.3, -0.25) is 9.88 Å². The molecule has 2 rings (SSSR count). The lowest BCUT2D eigenvalue weighted by Crippen LogP contribution is -2.22. The first-order valence-corrected chi connectivity index (χ1v) is 5.99. The average molecular weight is 246 g/mol. The third-order valence-corrected chi connectivity index (χ3v) is 2.92. The fourth-order valence-corrected chi connectivity index (χ4v) is 1.75. The normalized spacial score (nSPS) is 12.9. The van der Waals surface area contributed by atoms with E-state index >= 15 is 0 Å². The summed E-state index contributed by atoms with van der Waals surface area (Å²) >= 11 is 0. The molecule has 0 N–H and O–H groups in total. The SMILES string of the molecule is Cc1cccc(CN(C)C(C)c2nnc(C)o2)n1. The largest absolute Gasteiger partial charge is 0.424 e. The van der Waals surface area contributed by atoms with Crippen molar-refractivity contribution in [3.63, 3.8) is 0 Å². The van der Waals surface area contributed by atoms with Crippen LogP contribution in [0.4, 0.5) is 0 Å². The lowest BCUT2D eigenvalue weighted by Gasteiger charge is -2.21. The summed E-state index contributed by atoms with van der Waals surface area (Å²) in [4.78, 5) is 6.62. The number of nitrogens with zero attached hydrogens (tertiary/aromatic N) is 4. The Bertz CT molecular complexity index is 523. The Morgan fingerprint density at radius 2 is 2.06 bits per heavy atom. The van der Waals surface area contributed by atoms with Crippen molar-refractivity contribution in [1.29, 1.82) is 0 Å². The monoisotopic (exact) mass is 246 g/mol. The van der Waals surface area contributed by atoms with Gasteiger partial charge in [0, 0.05) is 19.2 Å². The van der Waals surface area contributed by atoms with Crippen molar-refractivity contribution in [3.05, 3.63) is 41.4 Å².